The fourth-order valence-corrected chi connectivity index (χ4v) is 5.06. The second kappa shape index (κ2) is 4.30. The van der Waals surface area contributed by atoms with Crippen LogP contribution in [0.3, 0.4) is 0 Å². The summed E-state index contributed by atoms with van der Waals surface area (Å²) in [5.41, 5.74) is 6.10. The minimum Gasteiger partial charge on any atom is -0.396 e. The van der Waals surface area contributed by atoms with Crippen LogP contribution in [0, 0.1) is 29.6 Å². The molecule has 0 aliphatic heterocycles. The Labute approximate surface area is 98.6 Å². The fourth-order valence-electron chi connectivity index (χ4n) is 5.06. The van der Waals surface area contributed by atoms with Crippen molar-refractivity contribution in [1.82, 2.24) is 0 Å². The third-order valence-corrected chi connectivity index (χ3v) is 5.50. The molecule has 0 aromatic heterocycles. The van der Waals surface area contributed by atoms with E-state index in [-0.39, 0.29) is 12.6 Å². The van der Waals surface area contributed by atoms with Gasteiger partial charge in [0.05, 0.1) is 0 Å². The van der Waals surface area contributed by atoms with Gasteiger partial charge in [0.2, 0.25) is 0 Å². The second-order valence-corrected chi connectivity index (χ2v) is 6.60. The molecule has 2 heteroatoms. The fraction of sp³-hybridized carbons (Fsp3) is 1.00. The summed E-state index contributed by atoms with van der Waals surface area (Å²) in [6.45, 7) is 0.258. The summed E-state index contributed by atoms with van der Waals surface area (Å²) < 4.78 is 0. The van der Waals surface area contributed by atoms with Crippen LogP contribution in [0.2, 0.25) is 0 Å². The molecule has 4 rings (SSSR count). The minimum absolute atomic E-state index is 0.243. The summed E-state index contributed by atoms with van der Waals surface area (Å²) in [5, 5.41) is 8.94. The van der Waals surface area contributed by atoms with Gasteiger partial charge in [-0.15, -0.1) is 0 Å². The van der Waals surface area contributed by atoms with Gasteiger partial charge in [-0.25, -0.2) is 0 Å². The maximum Gasteiger partial charge on any atom is 0.0445 e. The van der Waals surface area contributed by atoms with Crippen molar-refractivity contribution in [2.24, 2.45) is 35.3 Å². The quantitative estimate of drug-likeness (QED) is 0.767. The predicted octanol–water partition coefficient (Wildman–Crippen LogP) is 2.16. The standard InChI is InChI=1S/C14H25NO/c15-13(1-2-16)8-14-11-4-9-3-10(6-11)7-12(14)5-9/h9-14,16H,1-8,15H2. The monoisotopic (exact) mass is 223 g/mol. The first kappa shape index (κ1) is 11.0. The zero-order valence-electron chi connectivity index (χ0n) is 10.1. The van der Waals surface area contributed by atoms with Gasteiger partial charge < -0.3 is 10.8 Å². The largest absolute Gasteiger partial charge is 0.396 e. The highest BCUT2D eigenvalue weighted by Crippen LogP contribution is 2.57. The molecule has 0 radical (unpaired) electrons. The lowest BCUT2D eigenvalue weighted by molar-refractivity contribution is -0.0425. The van der Waals surface area contributed by atoms with Crippen molar-refractivity contribution >= 4 is 0 Å². The van der Waals surface area contributed by atoms with Crippen LogP contribution in [-0.4, -0.2) is 17.8 Å². The lowest BCUT2D eigenvalue weighted by atomic mass is 9.51. The van der Waals surface area contributed by atoms with E-state index in [1.165, 1.54) is 38.5 Å². The average Bonchev–Trinajstić information content (AvgIpc) is 2.23. The Morgan fingerprint density at radius 2 is 1.56 bits per heavy atom. The summed E-state index contributed by atoms with van der Waals surface area (Å²) in [6.07, 6.45) is 9.46. The van der Waals surface area contributed by atoms with Gasteiger partial charge in [0, 0.05) is 12.6 Å². The molecule has 1 atom stereocenters. The van der Waals surface area contributed by atoms with Crippen LogP contribution in [0.5, 0.6) is 0 Å². The van der Waals surface area contributed by atoms with Gasteiger partial charge in [-0.05, 0) is 74.5 Å². The van der Waals surface area contributed by atoms with Gasteiger partial charge in [0.25, 0.3) is 0 Å². The van der Waals surface area contributed by atoms with E-state index >= 15 is 0 Å². The van der Waals surface area contributed by atoms with Crippen LogP contribution in [0.1, 0.15) is 44.9 Å². The smallest absolute Gasteiger partial charge is 0.0445 e. The second-order valence-electron chi connectivity index (χ2n) is 6.60. The number of nitrogens with two attached hydrogens (primary N) is 1. The molecule has 0 aromatic rings. The summed E-state index contributed by atoms with van der Waals surface area (Å²) in [5.74, 6) is 5.00. The van der Waals surface area contributed by atoms with Crippen molar-refractivity contribution in [3.05, 3.63) is 0 Å². The molecule has 0 spiro atoms. The summed E-state index contributed by atoms with van der Waals surface area (Å²) in [6, 6.07) is 0.243. The molecule has 1 unspecified atom stereocenters. The van der Waals surface area contributed by atoms with E-state index in [9.17, 15) is 0 Å². The Hall–Kier alpha value is -0.0800. The summed E-state index contributed by atoms with van der Waals surface area (Å²) >= 11 is 0. The zero-order chi connectivity index (χ0) is 11.1. The third-order valence-electron chi connectivity index (χ3n) is 5.50. The molecule has 2 nitrogen and oxygen atoms in total. The minimum atomic E-state index is 0.243. The molecule has 4 aliphatic rings. The number of aliphatic hydroxyl groups excluding tert-OH is 1. The average molecular weight is 223 g/mol. The molecule has 0 aromatic carbocycles. The van der Waals surface area contributed by atoms with Crippen LogP contribution in [0.4, 0.5) is 0 Å². The van der Waals surface area contributed by atoms with Crippen LogP contribution in [0.15, 0.2) is 0 Å². The molecule has 0 saturated heterocycles. The first-order valence-electron chi connectivity index (χ1n) is 7.12. The number of hydrogen-bond acceptors (Lipinski definition) is 2. The third kappa shape index (κ3) is 1.91. The number of rotatable bonds is 4. The molecule has 16 heavy (non-hydrogen) atoms. The van der Waals surface area contributed by atoms with Crippen LogP contribution < -0.4 is 5.73 Å². The van der Waals surface area contributed by atoms with Crippen molar-refractivity contribution in [1.29, 1.82) is 0 Å². The van der Waals surface area contributed by atoms with Gasteiger partial charge in [-0.2, -0.15) is 0 Å². The first-order valence-corrected chi connectivity index (χ1v) is 7.12. The van der Waals surface area contributed by atoms with Crippen molar-refractivity contribution < 1.29 is 5.11 Å². The number of aliphatic hydroxyl groups is 1. The Morgan fingerprint density at radius 1 is 1.00 bits per heavy atom. The topological polar surface area (TPSA) is 46.2 Å². The van der Waals surface area contributed by atoms with E-state index in [2.05, 4.69) is 0 Å². The maximum atomic E-state index is 8.94. The van der Waals surface area contributed by atoms with Crippen molar-refractivity contribution in [2.45, 2.75) is 51.0 Å². The van der Waals surface area contributed by atoms with E-state index in [0.717, 1.165) is 36.0 Å². The Balaban J connectivity index is 1.63. The van der Waals surface area contributed by atoms with Gasteiger partial charge >= 0.3 is 0 Å². The van der Waals surface area contributed by atoms with E-state index < -0.39 is 0 Å². The molecule has 0 amide bonds. The summed E-state index contributed by atoms with van der Waals surface area (Å²) in [4.78, 5) is 0. The molecule has 4 saturated carbocycles. The maximum absolute atomic E-state index is 8.94. The molecule has 4 aliphatic carbocycles. The Kier molecular flexibility index (Phi) is 2.97. The van der Waals surface area contributed by atoms with Gasteiger partial charge in [0.15, 0.2) is 0 Å². The molecule has 4 fully saturated rings. The van der Waals surface area contributed by atoms with E-state index in [0.29, 0.717) is 0 Å². The Morgan fingerprint density at radius 3 is 2.06 bits per heavy atom. The van der Waals surface area contributed by atoms with Crippen LogP contribution in [-0.2, 0) is 0 Å². The number of hydrogen-bond donors (Lipinski definition) is 2. The predicted molar refractivity (Wildman–Crippen MR) is 64.8 cm³/mol. The van der Waals surface area contributed by atoms with Crippen molar-refractivity contribution in [3.8, 4) is 0 Å². The SMILES string of the molecule is NC(CCO)CC1C2CC3CC(C2)CC1C3. The van der Waals surface area contributed by atoms with Crippen LogP contribution >= 0.6 is 0 Å². The van der Waals surface area contributed by atoms with Gasteiger partial charge in [-0.3, -0.25) is 0 Å². The van der Waals surface area contributed by atoms with E-state index in [1.54, 1.807) is 0 Å². The molecule has 0 heterocycles. The van der Waals surface area contributed by atoms with E-state index in [1.807, 2.05) is 0 Å². The molecular weight excluding hydrogens is 198 g/mol. The normalized spacial score (nSPS) is 47.2. The molecular formula is C14H25NO. The first-order chi connectivity index (χ1) is 7.76. The van der Waals surface area contributed by atoms with Gasteiger partial charge in [0.1, 0.15) is 0 Å². The van der Waals surface area contributed by atoms with E-state index in [4.69, 9.17) is 10.8 Å². The lowest BCUT2D eigenvalue weighted by Gasteiger charge is -2.55. The molecule has 4 bridgehead atoms. The summed E-state index contributed by atoms with van der Waals surface area (Å²) in [7, 11) is 0. The molecule has 92 valence electrons. The van der Waals surface area contributed by atoms with Crippen LogP contribution in [0.25, 0.3) is 0 Å². The van der Waals surface area contributed by atoms with Crippen molar-refractivity contribution in [2.75, 3.05) is 6.61 Å². The highest BCUT2D eigenvalue weighted by molar-refractivity contribution is 4.98. The highest BCUT2D eigenvalue weighted by Gasteiger charge is 2.47. The Bertz CT molecular complexity index is 225. The zero-order valence-corrected chi connectivity index (χ0v) is 10.1. The lowest BCUT2D eigenvalue weighted by Crippen LogP contribution is -2.46. The molecule has 3 N–H and O–H groups in total. The van der Waals surface area contributed by atoms with Gasteiger partial charge in [-0.1, -0.05) is 0 Å². The highest BCUT2D eigenvalue weighted by atomic mass is 16.3. The van der Waals surface area contributed by atoms with Crippen molar-refractivity contribution in [3.63, 3.8) is 0 Å².